The molecule has 1 spiro atoms. The number of hydrogen-bond acceptors (Lipinski definition) is 3. The van der Waals surface area contributed by atoms with Crippen LogP contribution in [-0.4, -0.2) is 53.1 Å². The van der Waals surface area contributed by atoms with Crippen molar-refractivity contribution >= 4 is 6.03 Å². The number of carbonyl (C=O) groups is 1. The average Bonchev–Trinajstić information content (AvgIpc) is 3.44. The van der Waals surface area contributed by atoms with Crippen LogP contribution in [0.15, 0.2) is 83.8 Å². The van der Waals surface area contributed by atoms with Crippen LogP contribution in [0.4, 0.5) is 4.79 Å². The fraction of sp³-hybridized carbons (Fsp3) is 0.438. The molecule has 0 bridgehead atoms. The number of likely N-dealkylation sites (tertiary alicyclic amines) is 1. The Bertz CT molecular complexity index is 1300. The Kier molecular flexibility index (Phi) is 7.07. The van der Waals surface area contributed by atoms with E-state index in [-0.39, 0.29) is 23.0 Å². The predicted molar refractivity (Wildman–Crippen MR) is 151 cm³/mol. The lowest BCUT2D eigenvalue weighted by atomic mass is 9.69. The SMILES string of the molecule is O=C(N1CC[C@@H](Cn2ccc(-c3ccccc3)cc2=O)C2(CCCC2)C1)N1CCNCC1c1ccccc1. The van der Waals surface area contributed by atoms with E-state index in [1.807, 2.05) is 47.2 Å². The van der Waals surface area contributed by atoms with Crippen LogP contribution in [0, 0.1) is 11.3 Å². The monoisotopic (exact) mass is 510 g/mol. The van der Waals surface area contributed by atoms with E-state index in [2.05, 4.69) is 45.4 Å². The minimum Gasteiger partial charge on any atom is -0.324 e. The number of rotatable bonds is 4. The number of hydrogen-bond donors (Lipinski definition) is 1. The summed E-state index contributed by atoms with van der Waals surface area (Å²) in [4.78, 5) is 31.3. The molecule has 2 atom stereocenters. The molecule has 1 saturated carbocycles. The van der Waals surface area contributed by atoms with E-state index in [1.54, 1.807) is 6.07 Å². The lowest BCUT2D eigenvalue weighted by Crippen LogP contribution is -2.58. The molecule has 3 heterocycles. The standard InChI is InChI=1S/C32H38N4O2/c37-30-21-27(25-9-3-1-4-10-25)13-18-34(30)23-28-14-19-35(24-32(28)15-7-8-16-32)31(38)36-20-17-33-22-29(36)26-11-5-2-6-12-26/h1-6,9-13,18,21,28-29,33H,7-8,14-17,19-20,22-24H2/t28-,29?/m0/s1. The minimum atomic E-state index is 0.0597. The van der Waals surface area contributed by atoms with Gasteiger partial charge in [-0.15, -0.1) is 0 Å². The Morgan fingerprint density at radius 3 is 2.39 bits per heavy atom. The third kappa shape index (κ3) is 4.90. The Labute approximate surface area is 225 Å². The molecule has 2 saturated heterocycles. The lowest BCUT2D eigenvalue weighted by Gasteiger charge is -2.49. The summed E-state index contributed by atoms with van der Waals surface area (Å²) in [6.07, 6.45) is 7.61. The quantitative estimate of drug-likeness (QED) is 0.527. The first kappa shape index (κ1) is 24.9. The fourth-order valence-corrected chi connectivity index (χ4v) is 7.09. The largest absolute Gasteiger partial charge is 0.324 e. The van der Waals surface area contributed by atoms with E-state index in [4.69, 9.17) is 0 Å². The van der Waals surface area contributed by atoms with Crippen LogP contribution in [0.25, 0.3) is 11.1 Å². The molecule has 1 aliphatic carbocycles. The molecular weight excluding hydrogens is 472 g/mol. The van der Waals surface area contributed by atoms with E-state index in [9.17, 15) is 9.59 Å². The van der Waals surface area contributed by atoms with E-state index in [0.29, 0.717) is 5.92 Å². The summed E-state index contributed by atoms with van der Waals surface area (Å²) in [5.41, 5.74) is 3.38. The number of aromatic nitrogens is 1. The van der Waals surface area contributed by atoms with Gasteiger partial charge in [0.15, 0.2) is 0 Å². The molecule has 0 radical (unpaired) electrons. The maximum atomic E-state index is 13.9. The van der Waals surface area contributed by atoms with Gasteiger partial charge in [0.2, 0.25) is 0 Å². The molecule has 198 valence electrons. The number of nitrogens with one attached hydrogen (secondary N) is 1. The lowest BCUT2D eigenvalue weighted by molar-refractivity contribution is 0.0235. The zero-order valence-corrected chi connectivity index (χ0v) is 22.1. The normalized spacial score (nSPS) is 23.1. The Hall–Kier alpha value is -3.38. The van der Waals surface area contributed by atoms with Gasteiger partial charge in [0.1, 0.15) is 0 Å². The number of benzene rings is 2. The second kappa shape index (κ2) is 10.8. The van der Waals surface area contributed by atoms with Crippen LogP contribution in [0.5, 0.6) is 0 Å². The summed E-state index contributed by atoms with van der Waals surface area (Å²) in [5.74, 6) is 0.405. The molecule has 3 aromatic rings. The molecule has 1 unspecified atom stereocenters. The zero-order chi connectivity index (χ0) is 26.0. The van der Waals surface area contributed by atoms with Gasteiger partial charge >= 0.3 is 6.03 Å². The summed E-state index contributed by atoms with van der Waals surface area (Å²) >= 11 is 0. The average molecular weight is 511 g/mol. The fourth-order valence-electron chi connectivity index (χ4n) is 7.09. The number of piperazine rings is 1. The molecule has 6 heteroatoms. The van der Waals surface area contributed by atoms with Gasteiger partial charge in [0, 0.05) is 51.5 Å². The van der Waals surface area contributed by atoms with Crippen molar-refractivity contribution < 1.29 is 4.79 Å². The molecule has 6 rings (SSSR count). The van der Waals surface area contributed by atoms with Crippen LogP contribution in [-0.2, 0) is 6.54 Å². The van der Waals surface area contributed by atoms with Crippen LogP contribution in [0.3, 0.4) is 0 Å². The highest BCUT2D eigenvalue weighted by atomic mass is 16.2. The Balaban J connectivity index is 1.19. The van der Waals surface area contributed by atoms with Gasteiger partial charge < -0.3 is 19.7 Å². The predicted octanol–water partition coefficient (Wildman–Crippen LogP) is 5.16. The highest BCUT2D eigenvalue weighted by molar-refractivity contribution is 5.75. The summed E-state index contributed by atoms with van der Waals surface area (Å²) in [6.45, 7) is 4.65. The van der Waals surface area contributed by atoms with Gasteiger partial charge in [0.25, 0.3) is 5.56 Å². The summed E-state index contributed by atoms with van der Waals surface area (Å²) in [7, 11) is 0. The van der Waals surface area contributed by atoms with Gasteiger partial charge in [-0.3, -0.25) is 4.79 Å². The molecule has 38 heavy (non-hydrogen) atoms. The van der Waals surface area contributed by atoms with Crippen molar-refractivity contribution in [2.75, 3.05) is 32.7 Å². The summed E-state index contributed by atoms with van der Waals surface area (Å²) in [6, 6.07) is 24.5. The number of carbonyl (C=O) groups excluding carboxylic acids is 1. The van der Waals surface area contributed by atoms with Gasteiger partial charge in [0.05, 0.1) is 6.04 Å². The van der Waals surface area contributed by atoms with Crippen molar-refractivity contribution in [2.24, 2.45) is 11.3 Å². The molecule has 1 aromatic heterocycles. The maximum Gasteiger partial charge on any atom is 0.320 e. The van der Waals surface area contributed by atoms with Crippen molar-refractivity contribution in [2.45, 2.75) is 44.7 Å². The Morgan fingerprint density at radius 2 is 1.66 bits per heavy atom. The molecule has 3 aliphatic rings. The van der Waals surface area contributed by atoms with Crippen molar-refractivity contribution in [1.29, 1.82) is 0 Å². The topological polar surface area (TPSA) is 57.6 Å². The van der Waals surface area contributed by atoms with Crippen LogP contribution < -0.4 is 10.9 Å². The first-order chi connectivity index (χ1) is 18.6. The van der Waals surface area contributed by atoms with Crippen molar-refractivity contribution in [1.82, 2.24) is 19.7 Å². The third-order valence-electron chi connectivity index (χ3n) is 9.18. The smallest absolute Gasteiger partial charge is 0.320 e. The second-order valence-electron chi connectivity index (χ2n) is 11.4. The van der Waals surface area contributed by atoms with E-state index < -0.39 is 0 Å². The van der Waals surface area contributed by atoms with E-state index in [1.165, 1.54) is 18.4 Å². The van der Waals surface area contributed by atoms with Crippen LogP contribution >= 0.6 is 0 Å². The first-order valence-corrected chi connectivity index (χ1v) is 14.2. The Morgan fingerprint density at radius 1 is 0.921 bits per heavy atom. The third-order valence-corrected chi connectivity index (χ3v) is 9.18. The second-order valence-corrected chi connectivity index (χ2v) is 11.4. The molecule has 2 amide bonds. The molecule has 2 aromatic carbocycles. The van der Waals surface area contributed by atoms with E-state index >= 15 is 0 Å². The van der Waals surface area contributed by atoms with Crippen molar-refractivity contribution in [3.63, 3.8) is 0 Å². The van der Waals surface area contributed by atoms with Gasteiger partial charge in [-0.1, -0.05) is 73.5 Å². The van der Waals surface area contributed by atoms with Crippen LogP contribution in [0.2, 0.25) is 0 Å². The van der Waals surface area contributed by atoms with Crippen molar-refractivity contribution in [3.8, 4) is 11.1 Å². The number of piperidine rings is 1. The molecule has 1 N–H and O–H groups in total. The first-order valence-electron chi connectivity index (χ1n) is 14.2. The molecular formula is C32H38N4O2. The minimum absolute atomic E-state index is 0.0597. The maximum absolute atomic E-state index is 13.9. The van der Waals surface area contributed by atoms with Crippen molar-refractivity contribution in [3.05, 3.63) is 94.9 Å². The number of urea groups is 1. The summed E-state index contributed by atoms with van der Waals surface area (Å²) < 4.78 is 1.90. The zero-order valence-electron chi connectivity index (χ0n) is 22.1. The van der Waals surface area contributed by atoms with E-state index in [0.717, 1.165) is 69.7 Å². The van der Waals surface area contributed by atoms with Gasteiger partial charge in [-0.2, -0.15) is 0 Å². The van der Waals surface area contributed by atoms with Gasteiger partial charge in [-0.25, -0.2) is 4.79 Å². The number of pyridine rings is 1. The summed E-state index contributed by atoms with van der Waals surface area (Å²) in [5, 5.41) is 3.48. The number of amides is 2. The van der Waals surface area contributed by atoms with Gasteiger partial charge in [-0.05, 0) is 53.4 Å². The highest BCUT2D eigenvalue weighted by Gasteiger charge is 2.47. The molecule has 6 nitrogen and oxygen atoms in total. The highest BCUT2D eigenvalue weighted by Crippen LogP contribution is 2.49. The van der Waals surface area contributed by atoms with Crippen LogP contribution in [0.1, 0.15) is 43.7 Å². The molecule has 3 fully saturated rings. The molecule has 2 aliphatic heterocycles. The number of nitrogens with zero attached hydrogens (tertiary/aromatic N) is 3.